The first-order valence-electron chi connectivity index (χ1n) is 10.2. The fourth-order valence-electron chi connectivity index (χ4n) is 4.02. The summed E-state index contributed by atoms with van der Waals surface area (Å²) in [4.78, 5) is 31.7. The first-order valence-corrected chi connectivity index (χ1v) is 10.2. The highest BCUT2D eigenvalue weighted by Crippen LogP contribution is 2.43. The third-order valence-electron chi connectivity index (χ3n) is 5.62. The van der Waals surface area contributed by atoms with Crippen LogP contribution in [-0.4, -0.2) is 29.5 Å². The summed E-state index contributed by atoms with van der Waals surface area (Å²) in [6.45, 7) is 1.67. The van der Waals surface area contributed by atoms with Crippen molar-refractivity contribution < 1.29 is 18.7 Å². The van der Waals surface area contributed by atoms with E-state index < -0.39 is 5.97 Å². The number of esters is 1. The number of fused-ring (bicyclic) bond motifs is 1. The quantitative estimate of drug-likeness (QED) is 0.593. The Labute approximate surface area is 174 Å². The number of oxazole rings is 1. The van der Waals surface area contributed by atoms with Gasteiger partial charge in [-0.1, -0.05) is 36.4 Å². The van der Waals surface area contributed by atoms with Gasteiger partial charge in [0.05, 0.1) is 0 Å². The van der Waals surface area contributed by atoms with Gasteiger partial charge in [0.15, 0.2) is 12.3 Å². The summed E-state index contributed by atoms with van der Waals surface area (Å²) in [6, 6.07) is 17.3. The lowest BCUT2D eigenvalue weighted by molar-refractivity contribution is -0.122. The summed E-state index contributed by atoms with van der Waals surface area (Å²) >= 11 is 0. The van der Waals surface area contributed by atoms with Crippen LogP contribution in [0.5, 0.6) is 0 Å². The maximum absolute atomic E-state index is 12.8. The molecule has 1 saturated carbocycles. The second-order valence-electron chi connectivity index (χ2n) is 7.89. The smallest absolute Gasteiger partial charge is 0.361 e. The number of benzene rings is 2. The Morgan fingerprint density at radius 1 is 1.10 bits per heavy atom. The zero-order chi connectivity index (χ0) is 20.7. The molecule has 0 radical (unpaired) electrons. The zero-order valence-electron chi connectivity index (χ0n) is 16.7. The van der Waals surface area contributed by atoms with Gasteiger partial charge in [0, 0.05) is 23.2 Å². The van der Waals surface area contributed by atoms with E-state index in [1.165, 1.54) is 0 Å². The first kappa shape index (κ1) is 18.6. The average Bonchev–Trinajstić information content (AvgIpc) is 3.42. The number of hydrogen-bond donors (Lipinski definition) is 0. The highest BCUT2D eigenvalue weighted by Gasteiger charge is 2.36. The van der Waals surface area contributed by atoms with Crippen LogP contribution in [0.15, 0.2) is 59.0 Å². The highest BCUT2D eigenvalue weighted by atomic mass is 16.5. The van der Waals surface area contributed by atoms with Gasteiger partial charge >= 0.3 is 5.97 Å². The number of rotatable bonds is 5. The lowest BCUT2D eigenvalue weighted by Gasteiger charge is -2.22. The van der Waals surface area contributed by atoms with Gasteiger partial charge < -0.3 is 14.1 Å². The van der Waals surface area contributed by atoms with Crippen molar-refractivity contribution in [1.82, 2.24) is 4.98 Å². The Bertz CT molecular complexity index is 1100. The predicted octanol–water partition coefficient (Wildman–Crippen LogP) is 4.35. The first-order chi connectivity index (χ1) is 14.6. The van der Waals surface area contributed by atoms with Crippen molar-refractivity contribution in [3.05, 3.63) is 71.6 Å². The van der Waals surface area contributed by atoms with E-state index in [0.29, 0.717) is 11.7 Å². The molecule has 2 aliphatic rings. The molecule has 6 nitrogen and oxygen atoms in total. The van der Waals surface area contributed by atoms with Crippen LogP contribution in [-0.2, 0) is 16.0 Å². The number of nitrogens with zero attached hydrogens (tertiary/aromatic N) is 2. The second kappa shape index (κ2) is 7.44. The molecule has 0 bridgehead atoms. The average molecular weight is 402 g/mol. The van der Waals surface area contributed by atoms with Gasteiger partial charge in [-0.25, -0.2) is 9.78 Å². The Balaban J connectivity index is 1.32. The van der Waals surface area contributed by atoms with Crippen LogP contribution >= 0.6 is 0 Å². The summed E-state index contributed by atoms with van der Waals surface area (Å²) in [5, 5.41) is 0. The van der Waals surface area contributed by atoms with Crippen LogP contribution in [0.3, 0.4) is 0 Å². The van der Waals surface area contributed by atoms with Crippen molar-refractivity contribution in [2.75, 3.05) is 11.5 Å². The maximum Gasteiger partial charge on any atom is 0.361 e. The van der Waals surface area contributed by atoms with Gasteiger partial charge in [0.2, 0.25) is 5.89 Å². The molecule has 0 spiro atoms. The minimum Gasteiger partial charge on any atom is -0.451 e. The molecule has 1 amide bonds. The van der Waals surface area contributed by atoms with Crippen LogP contribution < -0.4 is 4.90 Å². The fraction of sp³-hybridized carbons (Fsp3) is 0.292. The number of hydrogen-bond acceptors (Lipinski definition) is 5. The van der Waals surface area contributed by atoms with E-state index in [2.05, 4.69) is 4.98 Å². The number of para-hydroxylation sites is 1. The molecule has 5 rings (SSSR count). The van der Waals surface area contributed by atoms with Gasteiger partial charge in [-0.05, 0) is 49.9 Å². The van der Waals surface area contributed by atoms with E-state index in [9.17, 15) is 9.59 Å². The molecule has 1 fully saturated rings. The van der Waals surface area contributed by atoms with Gasteiger partial charge in [-0.2, -0.15) is 0 Å². The van der Waals surface area contributed by atoms with Crippen LogP contribution in [0.4, 0.5) is 5.69 Å². The minimum atomic E-state index is -0.615. The Hall–Kier alpha value is -3.41. The van der Waals surface area contributed by atoms with Crippen LogP contribution in [0.2, 0.25) is 0 Å². The van der Waals surface area contributed by atoms with E-state index in [1.807, 2.05) is 61.5 Å². The molecule has 6 heteroatoms. The molecule has 30 heavy (non-hydrogen) atoms. The van der Waals surface area contributed by atoms with Crippen molar-refractivity contribution in [2.45, 2.75) is 38.1 Å². The molecule has 2 heterocycles. The second-order valence-corrected chi connectivity index (χ2v) is 7.89. The lowest BCUT2D eigenvalue weighted by atomic mass is 10.1. The summed E-state index contributed by atoms with van der Waals surface area (Å²) in [7, 11) is 0. The normalized spacial score (nSPS) is 17.6. The minimum absolute atomic E-state index is 0.0346. The summed E-state index contributed by atoms with van der Waals surface area (Å²) in [5.41, 5.74) is 3.00. The molecule has 1 aromatic heterocycles. The van der Waals surface area contributed by atoms with E-state index >= 15 is 0 Å². The highest BCUT2D eigenvalue weighted by molar-refractivity contribution is 5.99. The topological polar surface area (TPSA) is 72.6 Å². The maximum atomic E-state index is 12.8. The largest absolute Gasteiger partial charge is 0.451 e. The van der Waals surface area contributed by atoms with Crippen molar-refractivity contribution in [3.63, 3.8) is 0 Å². The van der Waals surface area contributed by atoms with Crippen LogP contribution in [0.1, 0.15) is 47.5 Å². The summed E-state index contributed by atoms with van der Waals surface area (Å²) in [5.74, 6) is 0.305. The standard InChI is InChI=1S/C24H22N2O4/c1-15-13-18-9-5-6-10-19(18)26(15)20(27)14-29-24(28)21-22(16-11-12-16)30-23(25-21)17-7-3-2-4-8-17/h2-10,15-16H,11-14H2,1H3. The molecular weight excluding hydrogens is 380 g/mol. The van der Waals surface area contributed by atoms with Crippen molar-refractivity contribution in [3.8, 4) is 11.5 Å². The molecule has 0 N–H and O–H groups in total. The van der Waals surface area contributed by atoms with Gasteiger partial charge in [0.25, 0.3) is 5.91 Å². The number of amides is 1. The molecule has 1 atom stereocenters. The SMILES string of the molecule is CC1Cc2ccccc2N1C(=O)COC(=O)c1nc(-c2ccccc2)oc1C1CC1. The van der Waals surface area contributed by atoms with Gasteiger partial charge in [0.1, 0.15) is 5.76 Å². The van der Waals surface area contributed by atoms with Crippen LogP contribution in [0, 0.1) is 0 Å². The van der Waals surface area contributed by atoms with E-state index in [4.69, 9.17) is 9.15 Å². The predicted molar refractivity (Wildman–Crippen MR) is 111 cm³/mol. The summed E-state index contributed by atoms with van der Waals surface area (Å²) in [6.07, 6.45) is 2.72. The van der Waals surface area contributed by atoms with Crippen molar-refractivity contribution in [2.24, 2.45) is 0 Å². The number of anilines is 1. The lowest BCUT2D eigenvalue weighted by Crippen LogP contribution is -2.38. The van der Waals surface area contributed by atoms with Crippen LogP contribution in [0.25, 0.3) is 11.5 Å². The molecule has 3 aromatic rings. The summed E-state index contributed by atoms with van der Waals surface area (Å²) < 4.78 is 11.3. The third-order valence-corrected chi connectivity index (χ3v) is 5.62. The van der Waals surface area contributed by atoms with E-state index in [1.54, 1.807) is 4.90 Å². The number of carbonyl (C=O) groups excluding carboxylic acids is 2. The van der Waals surface area contributed by atoms with E-state index in [0.717, 1.165) is 36.1 Å². The number of ether oxygens (including phenoxy) is 1. The van der Waals surface area contributed by atoms with Gasteiger partial charge in [-0.15, -0.1) is 0 Å². The Morgan fingerprint density at radius 3 is 2.60 bits per heavy atom. The fourth-order valence-corrected chi connectivity index (χ4v) is 4.02. The number of aromatic nitrogens is 1. The molecule has 0 saturated heterocycles. The third kappa shape index (κ3) is 3.38. The number of carbonyl (C=O) groups is 2. The van der Waals surface area contributed by atoms with E-state index in [-0.39, 0.29) is 30.2 Å². The molecule has 1 aliphatic heterocycles. The van der Waals surface area contributed by atoms with Gasteiger partial charge in [-0.3, -0.25) is 4.79 Å². The zero-order valence-corrected chi connectivity index (χ0v) is 16.7. The molecule has 1 aliphatic carbocycles. The van der Waals surface area contributed by atoms with Crippen molar-refractivity contribution >= 4 is 17.6 Å². The van der Waals surface area contributed by atoms with Crippen molar-refractivity contribution in [1.29, 1.82) is 0 Å². The molecule has 152 valence electrons. The molecule has 2 aromatic carbocycles. The molecular formula is C24H22N2O4. The monoisotopic (exact) mass is 402 g/mol. The molecule has 1 unspecified atom stereocenters. The Morgan fingerprint density at radius 2 is 1.83 bits per heavy atom. The Kier molecular flexibility index (Phi) is 4.62.